The number of aryl methyl sites for hydroxylation is 1. The summed E-state index contributed by atoms with van der Waals surface area (Å²) in [5.41, 5.74) is 1.67. The van der Waals surface area contributed by atoms with Gasteiger partial charge in [0.25, 0.3) is 5.91 Å². The van der Waals surface area contributed by atoms with Crippen LogP contribution < -0.4 is 10.6 Å². The molecule has 0 aromatic heterocycles. The molecule has 138 valence electrons. The molecule has 2 N–H and O–H groups in total. The summed E-state index contributed by atoms with van der Waals surface area (Å²) < 4.78 is 0. The summed E-state index contributed by atoms with van der Waals surface area (Å²) in [7, 11) is 0. The van der Waals surface area contributed by atoms with Crippen molar-refractivity contribution >= 4 is 17.8 Å². The number of aliphatic imine (C=N–C) groups is 1. The van der Waals surface area contributed by atoms with Crippen LogP contribution in [0, 0.1) is 18.8 Å². The maximum atomic E-state index is 12.6. The molecule has 1 aromatic rings. The van der Waals surface area contributed by atoms with Crippen molar-refractivity contribution < 1.29 is 9.59 Å². The predicted octanol–water partition coefficient (Wildman–Crippen LogP) is 2.22. The van der Waals surface area contributed by atoms with Crippen LogP contribution in [0.3, 0.4) is 0 Å². The van der Waals surface area contributed by atoms with Crippen LogP contribution in [0.15, 0.2) is 29.3 Å². The smallest absolute Gasteiger partial charge is 0.317 e. The zero-order valence-electron chi connectivity index (χ0n) is 15.4. The summed E-state index contributed by atoms with van der Waals surface area (Å²) in [6.07, 6.45) is 2.50. The van der Waals surface area contributed by atoms with E-state index in [-0.39, 0.29) is 17.9 Å². The third kappa shape index (κ3) is 2.68. The first-order chi connectivity index (χ1) is 12.5. The number of hydrogen-bond acceptors (Lipinski definition) is 3. The molecule has 0 unspecified atom stereocenters. The summed E-state index contributed by atoms with van der Waals surface area (Å²) >= 11 is 0. The highest BCUT2D eigenvalue weighted by Crippen LogP contribution is 2.48. The monoisotopic (exact) mass is 354 g/mol. The van der Waals surface area contributed by atoms with Gasteiger partial charge >= 0.3 is 6.03 Å². The van der Waals surface area contributed by atoms with E-state index in [0.717, 1.165) is 37.2 Å². The minimum atomic E-state index is -0.638. The summed E-state index contributed by atoms with van der Waals surface area (Å²) in [5.74, 6) is 1.32. The lowest BCUT2D eigenvalue weighted by Crippen LogP contribution is -2.46. The number of rotatable bonds is 3. The predicted molar refractivity (Wildman–Crippen MR) is 99.8 cm³/mol. The van der Waals surface area contributed by atoms with Crippen LogP contribution in [0.1, 0.15) is 37.3 Å². The number of carbonyl (C=O) groups is 2. The van der Waals surface area contributed by atoms with E-state index in [2.05, 4.69) is 10.6 Å². The Kier molecular flexibility index (Phi) is 4.21. The average Bonchev–Trinajstić information content (AvgIpc) is 3.29. The van der Waals surface area contributed by atoms with Crippen LogP contribution in [0.2, 0.25) is 0 Å². The standard InChI is InChI=1S/C20H26N4O2/c1-3-17-22-18(25)20(23-17)9-8-15-11-24(12-16(15)20)19(26)21-10-14-7-5-4-6-13(14)2/h4-7,15-16H,3,8-12H2,1-2H3,(H,21,26)(H,22,23,25)/t15-,16+,20-/m1/s1. The van der Waals surface area contributed by atoms with E-state index in [0.29, 0.717) is 19.0 Å². The number of amides is 3. The Morgan fingerprint density at radius 2 is 2.19 bits per heavy atom. The Balaban J connectivity index is 1.42. The van der Waals surface area contributed by atoms with Gasteiger partial charge in [0.2, 0.25) is 0 Å². The first-order valence-corrected chi connectivity index (χ1v) is 9.51. The molecule has 0 bridgehead atoms. The lowest BCUT2D eigenvalue weighted by molar-refractivity contribution is -0.124. The number of hydrogen-bond donors (Lipinski definition) is 2. The number of nitrogens with one attached hydrogen (secondary N) is 2. The zero-order chi connectivity index (χ0) is 18.3. The Bertz CT molecular complexity index is 775. The third-order valence-electron chi connectivity index (χ3n) is 6.25. The first-order valence-electron chi connectivity index (χ1n) is 9.51. The maximum absolute atomic E-state index is 12.6. The second-order valence-electron chi connectivity index (χ2n) is 7.69. The van der Waals surface area contributed by atoms with E-state index in [1.807, 2.05) is 43.0 Å². The summed E-state index contributed by atoms with van der Waals surface area (Å²) in [4.78, 5) is 31.9. The van der Waals surface area contributed by atoms with Crippen LogP contribution in [0.5, 0.6) is 0 Å². The molecule has 2 fully saturated rings. The third-order valence-corrected chi connectivity index (χ3v) is 6.25. The van der Waals surface area contributed by atoms with Gasteiger partial charge in [0, 0.05) is 32.0 Å². The lowest BCUT2D eigenvalue weighted by atomic mass is 9.85. The molecule has 4 rings (SSSR count). The summed E-state index contributed by atoms with van der Waals surface area (Å²) in [6.45, 7) is 5.91. The van der Waals surface area contributed by atoms with E-state index in [1.54, 1.807) is 0 Å². The SMILES string of the molecule is CCC1=N[C@@]2(CC[C@@H]3CN(C(=O)NCc4ccccc4C)C[C@@H]32)C(=O)N1. The van der Waals surface area contributed by atoms with Crippen molar-refractivity contribution in [3.8, 4) is 0 Å². The minimum Gasteiger partial charge on any atom is -0.334 e. The van der Waals surface area contributed by atoms with Gasteiger partial charge in [-0.1, -0.05) is 31.2 Å². The highest BCUT2D eigenvalue weighted by molar-refractivity contribution is 6.08. The molecule has 6 nitrogen and oxygen atoms in total. The fourth-order valence-corrected chi connectivity index (χ4v) is 4.70. The quantitative estimate of drug-likeness (QED) is 0.873. The van der Waals surface area contributed by atoms with E-state index >= 15 is 0 Å². The van der Waals surface area contributed by atoms with E-state index in [4.69, 9.17) is 4.99 Å². The van der Waals surface area contributed by atoms with Gasteiger partial charge in [-0.3, -0.25) is 9.79 Å². The van der Waals surface area contributed by atoms with Gasteiger partial charge in [-0.05, 0) is 36.8 Å². The minimum absolute atomic E-state index is 0.0315. The molecular formula is C20H26N4O2. The fraction of sp³-hybridized carbons (Fsp3) is 0.550. The number of carbonyl (C=O) groups excluding carboxylic acids is 2. The van der Waals surface area contributed by atoms with Crippen LogP contribution in [0.25, 0.3) is 0 Å². The molecule has 1 saturated carbocycles. The molecule has 6 heteroatoms. The molecule has 1 saturated heterocycles. The van der Waals surface area contributed by atoms with Gasteiger partial charge in [-0.25, -0.2) is 4.79 Å². The number of urea groups is 1. The zero-order valence-corrected chi connectivity index (χ0v) is 15.4. The van der Waals surface area contributed by atoms with Gasteiger partial charge in [0.1, 0.15) is 11.4 Å². The van der Waals surface area contributed by atoms with Crippen molar-refractivity contribution in [3.63, 3.8) is 0 Å². The van der Waals surface area contributed by atoms with Crippen molar-refractivity contribution in [2.75, 3.05) is 13.1 Å². The Morgan fingerprint density at radius 1 is 1.38 bits per heavy atom. The highest BCUT2D eigenvalue weighted by atomic mass is 16.2. The van der Waals surface area contributed by atoms with Crippen molar-refractivity contribution in [1.29, 1.82) is 0 Å². The van der Waals surface area contributed by atoms with Gasteiger partial charge in [0.05, 0.1) is 0 Å². The van der Waals surface area contributed by atoms with Gasteiger partial charge in [0.15, 0.2) is 0 Å². The average molecular weight is 354 g/mol. The van der Waals surface area contributed by atoms with Crippen molar-refractivity contribution in [2.45, 2.75) is 45.2 Å². The number of fused-ring (bicyclic) bond motifs is 2. The summed E-state index contributed by atoms with van der Waals surface area (Å²) in [5, 5.41) is 5.97. The Labute approximate surface area is 154 Å². The molecular weight excluding hydrogens is 328 g/mol. The Morgan fingerprint density at radius 3 is 2.92 bits per heavy atom. The molecule has 0 radical (unpaired) electrons. The number of nitrogens with zero attached hydrogens (tertiary/aromatic N) is 2. The van der Waals surface area contributed by atoms with Gasteiger partial charge in [-0.15, -0.1) is 0 Å². The normalized spacial score (nSPS) is 29.7. The molecule has 2 heterocycles. The second kappa shape index (κ2) is 6.41. The number of benzene rings is 1. The van der Waals surface area contributed by atoms with E-state index < -0.39 is 5.54 Å². The van der Waals surface area contributed by atoms with Gasteiger partial charge in [-0.2, -0.15) is 0 Å². The highest BCUT2D eigenvalue weighted by Gasteiger charge is 2.59. The largest absolute Gasteiger partial charge is 0.334 e. The molecule has 3 atom stereocenters. The maximum Gasteiger partial charge on any atom is 0.317 e. The van der Waals surface area contributed by atoms with E-state index in [1.165, 1.54) is 5.56 Å². The lowest BCUT2D eigenvalue weighted by Gasteiger charge is -2.25. The fourth-order valence-electron chi connectivity index (χ4n) is 4.70. The van der Waals surface area contributed by atoms with Crippen molar-refractivity contribution in [3.05, 3.63) is 35.4 Å². The molecule has 3 aliphatic rings. The number of amidine groups is 1. The van der Waals surface area contributed by atoms with Crippen LogP contribution in [0.4, 0.5) is 4.79 Å². The van der Waals surface area contributed by atoms with Crippen LogP contribution in [-0.2, 0) is 11.3 Å². The molecule has 1 spiro atoms. The van der Waals surface area contributed by atoms with Crippen molar-refractivity contribution in [1.82, 2.24) is 15.5 Å². The first kappa shape index (κ1) is 17.1. The Hall–Kier alpha value is -2.37. The topological polar surface area (TPSA) is 73.8 Å². The number of likely N-dealkylation sites (tertiary alicyclic amines) is 1. The van der Waals surface area contributed by atoms with Crippen LogP contribution >= 0.6 is 0 Å². The molecule has 2 aliphatic heterocycles. The van der Waals surface area contributed by atoms with E-state index in [9.17, 15) is 9.59 Å². The van der Waals surface area contributed by atoms with Gasteiger partial charge < -0.3 is 15.5 Å². The van der Waals surface area contributed by atoms with Crippen LogP contribution in [-0.4, -0.2) is 41.3 Å². The summed E-state index contributed by atoms with van der Waals surface area (Å²) in [6, 6.07) is 8.02. The molecule has 1 aromatic carbocycles. The van der Waals surface area contributed by atoms with Crippen molar-refractivity contribution in [2.24, 2.45) is 16.8 Å². The second-order valence-corrected chi connectivity index (χ2v) is 7.69. The molecule has 3 amide bonds. The molecule has 1 aliphatic carbocycles. The molecule has 26 heavy (non-hydrogen) atoms.